The molecule has 0 saturated carbocycles. The Morgan fingerprint density at radius 2 is 2.07 bits per heavy atom. The number of hydrogen-bond donors (Lipinski definition) is 2. The van der Waals surface area contributed by atoms with E-state index in [1.54, 1.807) is 0 Å². The number of aliphatic hydroxyl groups excluding tert-OH is 1. The second-order valence-corrected chi connectivity index (χ2v) is 3.32. The fraction of sp³-hybridized carbons (Fsp3) is 0.273. The van der Waals surface area contributed by atoms with Crippen molar-refractivity contribution in [3.05, 3.63) is 35.4 Å². The van der Waals surface area contributed by atoms with Crippen molar-refractivity contribution in [1.29, 1.82) is 0 Å². The molecule has 0 aliphatic carbocycles. The van der Waals surface area contributed by atoms with Crippen LogP contribution in [0.5, 0.6) is 0 Å². The summed E-state index contributed by atoms with van der Waals surface area (Å²) >= 11 is 0. The fourth-order valence-electron chi connectivity index (χ4n) is 0.916. The van der Waals surface area contributed by atoms with Crippen LogP contribution in [0, 0.1) is 6.92 Å². The number of carbonyl (C=O) groups excluding carboxylic acids is 1. The van der Waals surface area contributed by atoms with E-state index in [9.17, 15) is 4.79 Å². The lowest BCUT2D eigenvalue weighted by atomic mass is 10.2. The van der Waals surface area contributed by atoms with E-state index in [2.05, 4.69) is 10.5 Å². The van der Waals surface area contributed by atoms with Gasteiger partial charge in [-0.3, -0.25) is 4.79 Å². The van der Waals surface area contributed by atoms with Gasteiger partial charge < -0.3 is 5.11 Å². The number of aliphatic hydroxyl groups is 1. The average molecular weight is 206 g/mol. The van der Waals surface area contributed by atoms with E-state index >= 15 is 0 Å². The van der Waals surface area contributed by atoms with Gasteiger partial charge in [0.05, 0.1) is 6.21 Å². The second kappa shape index (κ2) is 5.26. The first-order valence-electron chi connectivity index (χ1n) is 4.67. The lowest BCUT2D eigenvalue weighted by molar-refractivity contribution is -0.128. The Labute approximate surface area is 88.6 Å². The highest BCUT2D eigenvalue weighted by Crippen LogP contribution is 1.99. The van der Waals surface area contributed by atoms with Crippen molar-refractivity contribution in [3.8, 4) is 0 Å². The molecule has 0 aromatic heterocycles. The number of nitrogens with one attached hydrogen (secondary N) is 1. The molecule has 0 fully saturated rings. The number of aryl methyl sites for hydroxylation is 1. The van der Waals surface area contributed by atoms with Gasteiger partial charge in [0.15, 0.2) is 0 Å². The molecule has 4 nitrogen and oxygen atoms in total. The van der Waals surface area contributed by atoms with E-state index in [-0.39, 0.29) is 0 Å². The quantitative estimate of drug-likeness (QED) is 0.568. The molecule has 80 valence electrons. The highest BCUT2D eigenvalue weighted by molar-refractivity contribution is 5.83. The monoisotopic (exact) mass is 206 g/mol. The Balaban J connectivity index is 2.51. The van der Waals surface area contributed by atoms with Crippen LogP contribution in [-0.4, -0.2) is 23.3 Å². The maximum Gasteiger partial charge on any atom is 0.268 e. The molecule has 0 bridgehead atoms. The summed E-state index contributed by atoms with van der Waals surface area (Å²) in [6.07, 6.45) is 0.486. The number of benzene rings is 1. The van der Waals surface area contributed by atoms with Crippen LogP contribution in [0.25, 0.3) is 0 Å². The summed E-state index contributed by atoms with van der Waals surface area (Å²) in [6.45, 7) is 3.38. The second-order valence-electron chi connectivity index (χ2n) is 3.32. The third kappa shape index (κ3) is 3.91. The molecule has 2 N–H and O–H groups in total. The molecular formula is C11H14N2O2. The first-order valence-corrected chi connectivity index (χ1v) is 4.67. The van der Waals surface area contributed by atoms with Crippen LogP contribution < -0.4 is 5.43 Å². The zero-order valence-electron chi connectivity index (χ0n) is 8.77. The van der Waals surface area contributed by atoms with Gasteiger partial charge in [0.25, 0.3) is 5.91 Å². The molecule has 1 aromatic carbocycles. The highest BCUT2D eigenvalue weighted by Gasteiger charge is 2.05. The molecule has 1 aromatic rings. The summed E-state index contributed by atoms with van der Waals surface area (Å²) in [5, 5.41) is 12.6. The predicted octanol–water partition coefficient (Wildman–Crippen LogP) is 0.826. The molecule has 1 unspecified atom stereocenters. The van der Waals surface area contributed by atoms with Gasteiger partial charge in [-0.15, -0.1) is 0 Å². The van der Waals surface area contributed by atoms with Crippen molar-refractivity contribution in [2.75, 3.05) is 0 Å². The van der Waals surface area contributed by atoms with Crippen LogP contribution >= 0.6 is 0 Å². The molecule has 0 radical (unpaired) electrons. The Morgan fingerprint density at radius 1 is 1.47 bits per heavy atom. The van der Waals surface area contributed by atoms with Crippen molar-refractivity contribution < 1.29 is 9.90 Å². The summed E-state index contributed by atoms with van der Waals surface area (Å²) in [5.41, 5.74) is 4.29. The van der Waals surface area contributed by atoms with Crippen LogP contribution in [0.3, 0.4) is 0 Å². The zero-order chi connectivity index (χ0) is 11.3. The Hall–Kier alpha value is -1.68. The van der Waals surface area contributed by atoms with Gasteiger partial charge in [0.1, 0.15) is 6.10 Å². The van der Waals surface area contributed by atoms with Gasteiger partial charge in [0.2, 0.25) is 0 Å². The maximum atomic E-state index is 10.9. The van der Waals surface area contributed by atoms with Crippen molar-refractivity contribution >= 4 is 12.1 Å². The molecule has 0 aliphatic rings. The Kier molecular flexibility index (Phi) is 4.00. The zero-order valence-corrected chi connectivity index (χ0v) is 8.77. The van der Waals surface area contributed by atoms with E-state index in [1.165, 1.54) is 18.7 Å². The Morgan fingerprint density at radius 3 is 2.60 bits per heavy atom. The lowest BCUT2D eigenvalue weighted by Crippen LogP contribution is -2.28. The minimum absolute atomic E-state index is 0.515. The van der Waals surface area contributed by atoms with Crippen molar-refractivity contribution in [1.82, 2.24) is 5.43 Å². The van der Waals surface area contributed by atoms with Crippen LogP contribution in [-0.2, 0) is 4.79 Å². The minimum Gasteiger partial charge on any atom is -0.383 e. The molecule has 0 aliphatic heterocycles. The maximum absolute atomic E-state index is 10.9. The molecule has 1 rings (SSSR count). The number of carbonyl (C=O) groups is 1. The van der Waals surface area contributed by atoms with E-state index in [1.807, 2.05) is 31.2 Å². The number of amides is 1. The molecule has 0 heterocycles. The summed E-state index contributed by atoms with van der Waals surface area (Å²) < 4.78 is 0. The van der Waals surface area contributed by atoms with Gasteiger partial charge in [-0.25, -0.2) is 5.43 Å². The van der Waals surface area contributed by atoms with Crippen LogP contribution in [0.4, 0.5) is 0 Å². The highest BCUT2D eigenvalue weighted by atomic mass is 16.3. The molecule has 0 spiro atoms. The largest absolute Gasteiger partial charge is 0.383 e. The number of hydrogen-bond acceptors (Lipinski definition) is 3. The average Bonchev–Trinajstić information content (AvgIpc) is 2.20. The van der Waals surface area contributed by atoms with Crippen LogP contribution in [0.2, 0.25) is 0 Å². The lowest BCUT2D eigenvalue weighted by Gasteiger charge is -2.00. The third-order valence-electron chi connectivity index (χ3n) is 1.85. The first kappa shape index (κ1) is 11.4. The van der Waals surface area contributed by atoms with Crippen molar-refractivity contribution in [2.45, 2.75) is 20.0 Å². The summed E-state index contributed by atoms with van der Waals surface area (Å²) in [4.78, 5) is 10.9. The number of hydrazone groups is 1. The van der Waals surface area contributed by atoms with E-state index in [0.29, 0.717) is 0 Å². The minimum atomic E-state index is -1.04. The number of nitrogens with zero attached hydrogens (tertiary/aromatic N) is 1. The summed E-state index contributed by atoms with van der Waals surface area (Å²) in [6, 6.07) is 7.70. The number of rotatable bonds is 3. The Bertz CT molecular complexity index is 355. The van der Waals surface area contributed by atoms with Gasteiger partial charge in [-0.2, -0.15) is 5.10 Å². The predicted molar refractivity (Wildman–Crippen MR) is 58.6 cm³/mol. The van der Waals surface area contributed by atoms with Crippen molar-refractivity contribution in [3.63, 3.8) is 0 Å². The van der Waals surface area contributed by atoms with Gasteiger partial charge in [0, 0.05) is 0 Å². The van der Waals surface area contributed by atoms with Crippen molar-refractivity contribution in [2.24, 2.45) is 5.10 Å². The van der Waals surface area contributed by atoms with Gasteiger partial charge in [-0.05, 0) is 19.4 Å². The molecular weight excluding hydrogens is 192 g/mol. The molecule has 4 heteroatoms. The summed E-state index contributed by atoms with van der Waals surface area (Å²) in [7, 11) is 0. The van der Waals surface area contributed by atoms with Gasteiger partial charge in [-0.1, -0.05) is 29.8 Å². The normalized spacial score (nSPS) is 12.7. The summed E-state index contributed by atoms with van der Waals surface area (Å²) in [5.74, 6) is -0.515. The third-order valence-corrected chi connectivity index (χ3v) is 1.85. The van der Waals surface area contributed by atoms with E-state index in [4.69, 9.17) is 5.11 Å². The van der Waals surface area contributed by atoms with Crippen LogP contribution in [0.15, 0.2) is 29.4 Å². The smallest absolute Gasteiger partial charge is 0.268 e. The SMILES string of the molecule is Cc1ccc(C=NNC(=O)C(C)O)cc1. The molecule has 15 heavy (non-hydrogen) atoms. The molecule has 1 amide bonds. The van der Waals surface area contributed by atoms with Gasteiger partial charge >= 0.3 is 0 Å². The topological polar surface area (TPSA) is 61.7 Å². The molecule has 1 atom stereocenters. The standard InChI is InChI=1S/C11H14N2O2/c1-8-3-5-10(6-4-8)7-12-13-11(15)9(2)14/h3-7,9,14H,1-2H3,(H,13,15). The fourth-order valence-corrected chi connectivity index (χ4v) is 0.916. The molecule has 0 saturated heterocycles. The first-order chi connectivity index (χ1) is 7.09. The van der Waals surface area contributed by atoms with E-state index < -0.39 is 12.0 Å². The van der Waals surface area contributed by atoms with Crippen LogP contribution in [0.1, 0.15) is 18.1 Å². The van der Waals surface area contributed by atoms with E-state index in [0.717, 1.165) is 5.56 Å².